The Morgan fingerprint density at radius 2 is 2.00 bits per heavy atom. The van der Waals surface area contributed by atoms with Crippen LogP contribution in [0.1, 0.15) is 58.3 Å². The summed E-state index contributed by atoms with van der Waals surface area (Å²) in [5, 5.41) is 10.5. The van der Waals surface area contributed by atoms with Crippen molar-refractivity contribution in [2.24, 2.45) is 11.8 Å². The van der Waals surface area contributed by atoms with Gasteiger partial charge in [0.1, 0.15) is 0 Å². The number of hydrogen-bond donors (Lipinski definition) is 1. The second kappa shape index (κ2) is 4.69. The lowest BCUT2D eigenvalue weighted by Crippen LogP contribution is -2.31. The zero-order valence-corrected chi connectivity index (χ0v) is 9.91. The molecule has 15 heavy (non-hydrogen) atoms. The Hall–Kier alpha value is -0.300. The molecule has 2 aliphatic rings. The van der Waals surface area contributed by atoms with Crippen molar-refractivity contribution in [3.05, 3.63) is 12.2 Å². The van der Waals surface area contributed by atoms with E-state index < -0.39 is 5.60 Å². The predicted molar refractivity (Wildman–Crippen MR) is 63.7 cm³/mol. The molecule has 2 rings (SSSR count). The fraction of sp³-hybridized carbons (Fsp3) is 0.857. The Balaban J connectivity index is 1.90. The molecule has 2 aliphatic carbocycles. The molecule has 0 bridgehead atoms. The van der Waals surface area contributed by atoms with Crippen LogP contribution in [-0.2, 0) is 0 Å². The van der Waals surface area contributed by atoms with Crippen molar-refractivity contribution in [2.45, 2.75) is 63.9 Å². The number of aliphatic hydroxyl groups is 1. The Morgan fingerprint density at radius 3 is 2.53 bits per heavy atom. The zero-order chi connectivity index (χ0) is 10.7. The van der Waals surface area contributed by atoms with Crippen LogP contribution in [0.5, 0.6) is 0 Å². The summed E-state index contributed by atoms with van der Waals surface area (Å²) in [7, 11) is 0. The first-order chi connectivity index (χ1) is 7.22. The zero-order valence-electron chi connectivity index (χ0n) is 9.91. The van der Waals surface area contributed by atoms with Crippen molar-refractivity contribution in [3.8, 4) is 0 Å². The number of hydrogen-bond acceptors (Lipinski definition) is 1. The summed E-state index contributed by atoms with van der Waals surface area (Å²) in [5.74, 6) is 1.51. The van der Waals surface area contributed by atoms with Gasteiger partial charge in [0.15, 0.2) is 0 Å². The molecule has 0 amide bonds. The molecule has 1 nitrogen and oxygen atoms in total. The van der Waals surface area contributed by atoms with Gasteiger partial charge in [-0.2, -0.15) is 0 Å². The summed E-state index contributed by atoms with van der Waals surface area (Å²) < 4.78 is 0. The summed E-state index contributed by atoms with van der Waals surface area (Å²) in [4.78, 5) is 0. The quantitative estimate of drug-likeness (QED) is 0.702. The SMILES string of the molecule is CCC1C=CC(O)(CC2CCCC2)CC1. The van der Waals surface area contributed by atoms with Crippen molar-refractivity contribution in [1.82, 2.24) is 0 Å². The smallest absolute Gasteiger partial charge is 0.0830 e. The van der Waals surface area contributed by atoms with Gasteiger partial charge in [-0.3, -0.25) is 0 Å². The summed E-state index contributed by atoms with van der Waals surface area (Å²) in [6.07, 6.45) is 14.2. The molecule has 0 spiro atoms. The topological polar surface area (TPSA) is 20.2 Å². The van der Waals surface area contributed by atoms with E-state index in [9.17, 15) is 5.11 Å². The Morgan fingerprint density at radius 1 is 1.27 bits per heavy atom. The van der Waals surface area contributed by atoms with Crippen molar-refractivity contribution >= 4 is 0 Å². The van der Waals surface area contributed by atoms with E-state index in [1.807, 2.05) is 0 Å². The van der Waals surface area contributed by atoms with Gasteiger partial charge < -0.3 is 5.11 Å². The van der Waals surface area contributed by atoms with Crippen LogP contribution < -0.4 is 0 Å². The molecule has 0 aliphatic heterocycles. The third-order valence-electron chi connectivity index (χ3n) is 4.27. The first-order valence-electron chi connectivity index (χ1n) is 6.63. The lowest BCUT2D eigenvalue weighted by molar-refractivity contribution is 0.0435. The van der Waals surface area contributed by atoms with E-state index in [-0.39, 0.29) is 0 Å². The summed E-state index contributed by atoms with van der Waals surface area (Å²) in [6.45, 7) is 2.23. The average Bonchev–Trinajstić information content (AvgIpc) is 2.71. The first-order valence-corrected chi connectivity index (χ1v) is 6.63. The predicted octanol–water partition coefficient (Wildman–Crippen LogP) is 3.67. The average molecular weight is 208 g/mol. The fourth-order valence-electron chi connectivity index (χ4n) is 3.15. The van der Waals surface area contributed by atoms with Gasteiger partial charge in [0.2, 0.25) is 0 Å². The van der Waals surface area contributed by atoms with Crippen LogP contribution in [0.4, 0.5) is 0 Å². The van der Waals surface area contributed by atoms with Crippen LogP contribution in [0.3, 0.4) is 0 Å². The first kappa shape index (κ1) is 11.2. The van der Waals surface area contributed by atoms with E-state index in [1.54, 1.807) is 0 Å². The Bertz CT molecular complexity index is 227. The second-order valence-electron chi connectivity index (χ2n) is 5.52. The van der Waals surface area contributed by atoms with Crippen LogP contribution >= 0.6 is 0 Å². The second-order valence-corrected chi connectivity index (χ2v) is 5.52. The van der Waals surface area contributed by atoms with Crippen molar-refractivity contribution in [1.29, 1.82) is 0 Å². The molecular formula is C14H24O. The van der Waals surface area contributed by atoms with E-state index in [1.165, 1.54) is 38.5 Å². The largest absolute Gasteiger partial charge is 0.386 e. The summed E-state index contributed by atoms with van der Waals surface area (Å²) >= 11 is 0. The van der Waals surface area contributed by atoms with Gasteiger partial charge in [0, 0.05) is 0 Å². The maximum Gasteiger partial charge on any atom is 0.0830 e. The highest BCUT2D eigenvalue weighted by atomic mass is 16.3. The molecule has 1 fully saturated rings. The highest BCUT2D eigenvalue weighted by Gasteiger charge is 2.31. The maximum atomic E-state index is 10.5. The molecule has 2 atom stereocenters. The van der Waals surface area contributed by atoms with Gasteiger partial charge in [-0.25, -0.2) is 0 Å². The standard InChI is InChI=1S/C14H24O/c1-2-12-7-9-14(15,10-8-12)11-13-5-3-4-6-13/h7,9,12-13,15H,2-6,8,10-11H2,1H3. The molecule has 86 valence electrons. The minimum Gasteiger partial charge on any atom is -0.386 e. The van der Waals surface area contributed by atoms with Crippen LogP contribution in [0.15, 0.2) is 12.2 Å². The van der Waals surface area contributed by atoms with E-state index in [0.717, 1.165) is 18.8 Å². The highest BCUT2D eigenvalue weighted by molar-refractivity contribution is 5.08. The van der Waals surface area contributed by atoms with E-state index in [2.05, 4.69) is 19.1 Å². The lowest BCUT2D eigenvalue weighted by atomic mass is 9.79. The van der Waals surface area contributed by atoms with Gasteiger partial charge in [0.25, 0.3) is 0 Å². The van der Waals surface area contributed by atoms with Gasteiger partial charge in [-0.15, -0.1) is 0 Å². The van der Waals surface area contributed by atoms with Crippen LogP contribution in [-0.4, -0.2) is 10.7 Å². The van der Waals surface area contributed by atoms with Crippen LogP contribution in [0.25, 0.3) is 0 Å². The molecule has 1 saturated carbocycles. The van der Waals surface area contributed by atoms with E-state index in [0.29, 0.717) is 5.92 Å². The van der Waals surface area contributed by atoms with Gasteiger partial charge >= 0.3 is 0 Å². The summed E-state index contributed by atoms with van der Waals surface area (Å²) in [6, 6.07) is 0. The number of allylic oxidation sites excluding steroid dienone is 1. The molecule has 0 aromatic rings. The molecular weight excluding hydrogens is 184 g/mol. The minimum atomic E-state index is -0.458. The lowest BCUT2D eigenvalue weighted by Gasteiger charge is -2.32. The molecule has 0 radical (unpaired) electrons. The summed E-state index contributed by atoms with van der Waals surface area (Å²) in [5.41, 5.74) is -0.458. The van der Waals surface area contributed by atoms with Crippen LogP contribution in [0, 0.1) is 11.8 Å². The number of rotatable bonds is 3. The third kappa shape index (κ3) is 2.84. The fourth-order valence-corrected chi connectivity index (χ4v) is 3.15. The van der Waals surface area contributed by atoms with E-state index in [4.69, 9.17) is 0 Å². The van der Waals surface area contributed by atoms with Gasteiger partial charge in [-0.05, 0) is 37.5 Å². The molecule has 1 N–H and O–H groups in total. The molecule has 1 heteroatoms. The minimum absolute atomic E-state index is 0.458. The molecule has 0 heterocycles. The molecule has 0 aromatic heterocycles. The van der Waals surface area contributed by atoms with Crippen molar-refractivity contribution in [2.75, 3.05) is 0 Å². The third-order valence-corrected chi connectivity index (χ3v) is 4.27. The van der Waals surface area contributed by atoms with Crippen molar-refractivity contribution in [3.63, 3.8) is 0 Å². The Labute approximate surface area is 93.6 Å². The van der Waals surface area contributed by atoms with Gasteiger partial charge in [0.05, 0.1) is 5.60 Å². The van der Waals surface area contributed by atoms with Gasteiger partial charge in [-0.1, -0.05) is 44.8 Å². The molecule has 2 unspecified atom stereocenters. The molecule has 0 aromatic carbocycles. The Kier molecular flexibility index (Phi) is 3.50. The molecule has 0 saturated heterocycles. The van der Waals surface area contributed by atoms with E-state index >= 15 is 0 Å². The normalized spacial score (nSPS) is 37.3. The maximum absolute atomic E-state index is 10.5. The van der Waals surface area contributed by atoms with Crippen LogP contribution in [0.2, 0.25) is 0 Å². The highest BCUT2D eigenvalue weighted by Crippen LogP contribution is 2.37. The monoisotopic (exact) mass is 208 g/mol. The van der Waals surface area contributed by atoms with Crippen molar-refractivity contribution < 1.29 is 5.11 Å².